The van der Waals surface area contributed by atoms with Crippen LogP contribution in [0.2, 0.25) is 0 Å². The predicted molar refractivity (Wildman–Crippen MR) is 65.4 cm³/mol. The molecule has 1 aromatic heterocycles. The van der Waals surface area contributed by atoms with Crippen LogP contribution in [-0.4, -0.2) is 4.98 Å². The van der Waals surface area contributed by atoms with Crippen LogP contribution in [0.15, 0.2) is 18.3 Å². The minimum absolute atomic E-state index is 0.0445. The second kappa shape index (κ2) is 5.56. The third kappa shape index (κ3) is 3.01. The van der Waals surface area contributed by atoms with Crippen molar-refractivity contribution in [3.05, 3.63) is 29.8 Å². The largest absolute Gasteiger partial charge is 0.271 e. The Labute approximate surface area is 102 Å². The van der Waals surface area contributed by atoms with Crippen LogP contribution >= 0.6 is 0 Å². The van der Waals surface area contributed by atoms with Crippen LogP contribution in [0.1, 0.15) is 44.3 Å². The van der Waals surface area contributed by atoms with E-state index in [0.29, 0.717) is 5.92 Å². The molecule has 1 fully saturated rings. The van der Waals surface area contributed by atoms with Crippen molar-refractivity contribution in [2.75, 3.05) is 0 Å². The summed E-state index contributed by atoms with van der Waals surface area (Å²) in [6.45, 7) is 2.29. The fraction of sp³-hybridized carbons (Fsp3) is 0.615. The highest BCUT2D eigenvalue weighted by molar-refractivity contribution is 5.11. The van der Waals surface area contributed by atoms with Gasteiger partial charge in [-0.2, -0.15) is 0 Å². The summed E-state index contributed by atoms with van der Waals surface area (Å²) in [6, 6.07) is 3.21. The molecule has 0 radical (unpaired) electrons. The van der Waals surface area contributed by atoms with E-state index >= 15 is 0 Å². The summed E-state index contributed by atoms with van der Waals surface area (Å²) in [4.78, 5) is 4.13. The Balaban J connectivity index is 2.08. The Morgan fingerprint density at radius 1 is 1.35 bits per heavy atom. The van der Waals surface area contributed by atoms with Gasteiger partial charge in [-0.05, 0) is 36.8 Å². The Morgan fingerprint density at radius 3 is 2.59 bits per heavy atom. The summed E-state index contributed by atoms with van der Waals surface area (Å²) in [5.74, 6) is 6.64. The van der Waals surface area contributed by atoms with Crippen LogP contribution in [0.4, 0.5) is 4.39 Å². The molecule has 3 N–H and O–H groups in total. The van der Waals surface area contributed by atoms with Crippen LogP contribution in [0.5, 0.6) is 0 Å². The molecule has 1 atom stereocenters. The van der Waals surface area contributed by atoms with E-state index in [4.69, 9.17) is 5.84 Å². The topological polar surface area (TPSA) is 50.9 Å². The van der Waals surface area contributed by atoms with Gasteiger partial charge in [0.25, 0.3) is 0 Å². The molecular formula is C13H20FN3. The van der Waals surface area contributed by atoms with Gasteiger partial charge in [-0.15, -0.1) is 0 Å². The fourth-order valence-corrected chi connectivity index (χ4v) is 2.65. The van der Waals surface area contributed by atoms with Gasteiger partial charge in [0.05, 0.1) is 17.9 Å². The molecule has 0 aliphatic heterocycles. The molecule has 0 aromatic carbocycles. The summed E-state index contributed by atoms with van der Waals surface area (Å²) in [7, 11) is 0. The summed E-state index contributed by atoms with van der Waals surface area (Å²) in [6.07, 6.45) is 6.06. The zero-order chi connectivity index (χ0) is 12.3. The van der Waals surface area contributed by atoms with E-state index in [9.17, 15) is 4.39 Å². The number of hydrazine groups is 1. The summed E-state index contributed by atoms with van der Waals surface area (Å²) >= 11 is 0. The Kier molecular flexibility index (Phi) is 4.07. The summed E-state index contributed by atoms with van der Waals surface area (Å²) in [5, 5.41) is 0. The second-order valence-corrected chi connectivity index (χ2v) is 5.07. The van der Waals surface area contributed by atoms with Crippen molar-refractivity contribution in [3.63, 3.8) is 0 Å². The number of hydrogen-bond donors (Lipinski definition) is 2. The van der Waals surface area contributed by atoms with E-state index in [1.54, 1.807) is 6.07 Å². The van der Waals surface area contributed by atoms with Gasteiger partial charge < -0.3 is 0 Å². The third-order valence-electron chi connectivity index (χ3n) is 3.78. The lowest BCUT2D eigenvalue weighted by atomic mass is 9.78. The molecule has 1 heterocycles. The van der Waals surface area contributed by atoms with Crippen LogP contribution < -0.4 is 11.3 Å². The number of rotatable bonds is 3. The maximum Gasteiger partial charge on any atom is 0.141 e. The molecule has 0 amide bonds. The van der Waals surface area contributed by atoms with Gasteiger partial charge in [0, 0.05) is 0 Å². The van der Waals surface area contributed by atoms with Gasteiger partial charge in [-0.1, -0.05) is 19.8 Å². The Hall–Kier alpha value is -1.00. The molecule has 0 spiro atoms. The van der Waals surface area contributed by atoms with Crippen molar-refractivity contribution in [2.24, 2.45) is 17.7 Å². The van der Waals surface area contributed by atoms with Crippen LogP contribution in [0, 0.1) is 17.7 Å². The van der Waals surface area contributed by atoms with E-state index in [1.807, 2.05) is 0 Å². The van der Waals surface area contributed by atoms with Gasteiger partial charge in [-0.3, -0.25) is 16.3 Å². The van der Waals surface area contributed by atoms with E-state index < -0.39 is 0 Å². The van der Waals surface area contributed by atoms with E-state index in [1.165, 1.54) is 25.1 Å². The first-order chi connectivity index (χ1) is 8.20. The standard InChI is InChI=1S/C13H20FN3/c1-9-2-4-10(5-3-9)13(17-15)12-7-6-11(14)8-16-12/h6-10,13,17H,2-5,15H2,1H3. The maximum atomic E-state index is 12.8. The summed E-state index contributed by atoms with van der Waals surface area (Å²) < 4.78 is 12.8. The number of nitrogens with two attached hydrogens (primary N) is 1. The zero-order valence-corrected chi connectivity index (χ0v) is 10.2. The number of aromatic nitrogens is 1. The lowest BCUT2D eigenvalue weighted by Crippen LogP contribution is -2.35. The van der Waals surface area contributed by atoms with Crippen molar-refractivity contribution in [3.8, 4) is 0 Å². The molecule has 1 aliphatic rings. The van der Waals surface area contributed by atoms with Gasteiger partial charge in [0.1, 0.15) is 5.82 Å². The average molecular weight is 237 g/mol. The van der Waals surface area contributed by atoms with Crippen LogP contribution in [0.25, 0.3) is 0 Å². The lowest BCUT2D eigenvalue weighted by molar-refractivity contribution is 0.229. The van der Waals surface area contributed by atoms with E-state index in [2.05, 4.69) is 17.3 Å². The average Bonchev–Trinajstić information content (AvgIpc) is 2.35. The second-order valence-electron chi connectivity index (χ2n) is 5.07. The molecule has 1 saturated carbocycles. The molecule has 1 aliphatic carbocycles. The van der Waals surface area contributed by atoms with Gasteiger partial charge in [0.2, 0.25) is 0 Å². The monoisotopic (exact) mass is 237 g/mol. The number of nitrogens with one attached hydrogen (secondary N) is 1. The number of pyridine rings is 1. The van der Waals surface area contributed by atoms with E-state index in [-0.39, 0.29) is 11.9 Å². The van der Waals surface area contributed by atoms with Gasteiger partial charge >= 0.3 is 0 Å². The minimum atomic E-state index is -0.304. The van der Waals surface area contributed by atoms with Gasteiger partial charge in [0.15, 0.2) is 0 Å². The molecule has 1 aromatic rings. The predicted octanol–water partition coefficient (Wildman–Crippen LogP) is 2.55. The first-order valence-corrected chi connectivity index (χ1v) is 6.28. The fourth-order valence-electron chi connectivity index (χ4n) is 2.65. The van der Waals surface area contributed by atoms with Crippen molar-refractivity contribution in [2.45, 2.75) is 38.6 Å². The Bertz CT molecular complexity index is 344. The molecular weight excluding hydrogens is 217 g/mol. The smallest absolute Gasteiger partial charge is 0.141 e. The molecule has 3 nitrogen and oxygen atoms in total. The SMILES string of the molecule is CC1CCC(C(NN)c2ccc(F)cn2)CC1. The van der Waals surface area contributed by atoms with Crippen LogP contribution in [0.3, 0.4) is 0 Å². The van der Waals surface area contributed by atoms with E-state index in [0.717, 1.165) is 24.5 Å². The number of nitrogens with zero attached hydrogens (tertiary/aromatic N) is 1. The molecule has 4 heteroatoms. The summed E-state index contributed by atoms with van der Waals surface area (Å²) in [5.41, 5.74) is 3.68. The van der Waals surface area contributed by atoms with Crippen LogP contribution in [-0.2, 0) is 0 Å². The number of halogens is 1. The molecule has 0 saturated heterocycles. The molecule has 0 bridgehead atoms. The first-order valence-electron chi connectivity index (χ1n) is 6.28. The minimum Gasteiger partial charge on any atom is -0.271 e. The highest BCUT2D eigenvalue weighted by atomic mass is 19.1. The molecule has 17 heavy (non-hydrogen) atoms. The normalized spacial score (nSPS) is 26.8. The zero-order valence-electron chi connectivity index (χ0n) is 10.2. The van der Waals surface area contributed by atoms with Crippen molar-refractivity contribution in [1.82, 2.24) is 10.4 Å². The van der Waals surface area contributed by atoms with Crippen molar-refractivity contribution >= 4 is 0 Å². The molecule has 2 rings (SSSR count). The third-order valence-corrected chi connectivity index (χ3v) is 3.78. The van der Waals surface area contributed by atoms with Crippen molar-refractivity contribution in [1.29, 1.82) is 0 Å². The number of hydrogen-bond acceptors (Lipinski definition) is 3. The van der Waals surface area contributed by atoms with Gasteiger partial charge in [-0.25, -0.2) is 4.39 Å². The quantitative estimate of drug-likeness (QED) is 0.627. The van der Waals surface area contributed by atoms with Crippen molar-refractivity contribution < 1.29 is 4.39 Å². The molecule has 94 valence electrons. The first kappa shape index (κ1) is 12.5. The maximum absolute atomic E-state index is 12.8. The molecule has 1 unspecified atom stereocenters. The Morgan fingerprint density at radius 2 is 2.06 bits per heavy atom. The highest BCUT2D eigenvalue weighted by Gasteiger charge is 2.27. The lowest BCUT2D eigenvalue weighted by Gasteiger charge is -2.32. The highest BCUT2D eigenvalue weighted by Crippen LogP contribution is 2.35.